The number of rotatable bonds is 28. The number of likely N-dealkylation sites (N-methyl/N-ethyl adjacent to an activating group) is 1. The molecule has 5 atom stereocenters. The van der Waals surface area contributed by atoms with Crippen LogP contribution in [0.1, 0.15) is 200 Å². The number of nitriles is 3. The molecule has 30 heteroatoms. The maximum Gasteiger partial charge on any atom is 0.270 e. The second kappa shape index (κ2) is 40.6. The number of amides is 2. The van der Waals surface area contributed by atoms with Crippen LogP contribution in [0.25, 0.3) is 0 Å². The fraction of sp³-hybridized carbons (Fsp3) is 0.494. The van der Waals surface area contributed by atoms with Gasteiger partial charge in [-0.1, -0.05) is 64.8 Å². The second-order valence-corrected chi connectivity index (χ2v) is 32.2. The van der Waals surface area contributed by atoms with Crippen molar-refractivity contribution in [1.29, 1.82) is 15.8 Å². The number of aliphatic hydroxyl groups is 2. The van der Waals surface area contributed by atoms with E-state index in [1.54, 1.807) is 37.5 Å². The highest BCUT2D eigenvalue weighted by atomic mass is 19.3. The summed E-state index contributed by atoms with van der Waals surface area (Å²) < 4.78 is 29.1. The monoisotopic (exact) mass is 1590 g/mol. The maximum atomic E-state index is 13.5. The number of aromatic nitrogens is 11. The van der Waals surface area contributed by atoms with Crippen LogP contribution in [0, 0.1) is 81.8 Å². The van der Waals surface area contributed by atoms with E-state index >= 15 is 0 Å². The van der Waals surface area contributed by atoms with Gasteiger partial charge in [0.2, 0.25) is 35.6 Å². The first kappa shape index (κ1) is 87.5. The summed E-state index contributed by atoms with van der Waals surface area (Å²) in [4.78, 5) is 81.3. The quantitative estimate of drug-likeness (QED) is 0.0204. The van der Waals surface area contributed by atoms with Crippen molar-refractivity contribution in [2.75, 3.05) is 75.3 Å². The molecule has 5 aliphatic rings. The Morgan fingerprint density at radius 1 is 0.667 bits per heavy atom. The molecule has 616 valence electrons. The molecule has 4 aliphatic carbocycles. The third-order valence-corrected chi connectivity index (χ3v) is 23.0. The van der Waals surface area contributed by atoms with Gasteiger partial charge in [-0.25, -0.2) is 33.7 Å². The Bertz CT molecular complexity index is 4890. The average Bonchev–Trinajstić information content (AvgIpc) is 1.33. The molecular weight excluding hydrogens is 1490 g/mol. The number of fused-ring (bicyclic) bond motifs is 1. The Balaban J connectivity index is 0.000000165. The zero-order valence-corrected chi connectivity index (χ0v) is 68.3. The van der Waals surface area contributed by atoms with Gasteiger partial charge in [-0.3, -0.25) is 24.4 Å². The molecule has 0 saturated heterocycles. The SMILES string of the molecule is C#Cc1cnc(NCCC2C(=O)N(C)c3ccccc32)nc1N[C@@H]1C[C@H](C(N)=O)C1(C)C.CC(=O)C1CCC(Cc2nc(NCCn3cccc3C)ncc2C#N)CC1.CC(F)(F)c1ccnc(CCNc2ncc(C#N)c(N[C@@H]3CC[C@H](O)C(C)(C)C3)n2)c1.CCc1cccc(CCNc2ncc(C#N)c(NC3CCC(O)CC3)n2)n1. The molecule has 1 unspecified atom stereocenters. The first-order chi connectivity index (χ1) is 56.1. The summed E-state index contributed by atoms with van der Waals surface area (Å²) in [5, 5.41) is 70.7. The van der Waals surface area contributed by atoms with Crippen molar-refractivity contribution < 1.29 is 33.4 Å². The van der Waals surface area contributed by atoms with Crippen LogP contribution in [-0.4, -0.2) is 146 Å². The topological polar surface area (TPSA) is 410 Å². The first-order valence-electron chi connectivity index (χ1n) is 40.4. The number of Topliss-reactive ketones (excluding diaryl/α,β-unsaturated/α-hetero) is 1. The Hall–Kier alpha value is -11.9. The molecule has 1 aliphatic heterocycles. The van der Waals surface area contributed by atoms with Gasteiger partial charge < -0.3 is 62.6 Å². The van der Waals surface area contributed by atoms with Crippen LogP contribution < -0.4 is 47.9 Å². The lowest BCUT2D eigenvalue weighted by Gasteiger charge is -2.50. The predicted molar refractivity (Wildman–Crippen MR) is 447 cm³/mol. The highest BCUT2D eigenvalue weighted by Gasteiger charge is 2.51. The summed E-state index contributed by atoms with van der Waals surface area (Å²) >= 11 is 0. The smallest absolute Gasteiger partial charge is 0.270 e. The molecule has 11 N–H and O–H groups in total. The lowest BCUT2D eigenvalue weighted by Crippen LogP contribution is -2.58. The van der Waals surface area contributed by atoms with E-state index < -0.39 is 5.92 Å². The van der Waals surface area contributed by atoms with Gasteiger partial charge in [0.15, 0.2) is 0 Å². The summed E-state index contributed by atoms with van der Waals surface area (Å²) in [6, 6.07) is 27.6. The molecule has 0 spiro atoms. The highest BCUT2D eigenvalue weighted by molar-refractivity contribution is 6.04. The van der Waals surface area contributed by atoms with Crippen LogP contribution in [0.4, 0.5) is 55.7 Å². The molecule has 28 nitrogen and oxygen atoms in total. The van der Waals surface area contributed by atoms with Gasteiger partial charge in [-0.2, -0.15) is 30.7 Å². The van der Waals surface area contributed by atoms with Gasteiger partial charge >= 0.3 is 0 Å². The molecule has 13 rings (SSSR count). The molecule has 117 heavy (non-hydrogen) atoms. The van der Waals surface area contributed by atoms with E-state index in [4.69, 9.17) is 12.2 Å². The van der Waals surface area contributed by atoms with Crippen molar-refractivity contribution in [2.24, 2.45) is 34.3 Å². The Morgan fingerprint density at radius 3 is 1.82 bits per heavy atom. The lowest BCUT2D eigenvalue weighted by molar-refractivity contribution is -0.131. The number of terminal acetylenes is 1. The van der Waals surface area contributed by atoms with Gasteiger partial charge in [0.05, 0.1) is 59.7 Å². The number of ketones is 1. The number of nitrogens with two attached hydrogens (primary N) is 1. The molecule has 4 saturated carbocycles. The number of carbonyl (C=O) groups is 3. The normalized spacial score (nSPS) is 20.7. The molecule has 0 radical (unpaired) electrons. The van der Waals surface area contributed by atoms with Crippen molar-refractivity contribution in [2.45, 2.75) is 213 Å². The van der Waals surface area contributed by atoms with Crippen LogP contribution >= 0.6 is 0 Å². The van der Waals surface area contributed by atoms with Gasteiger partial charge in [0, 0.05) is 136 Å². The highest BCUT2D eigenvalue weighted by Crippen LogP contribution is 2.48. The number of hydrogen-bond acceptors (Lipinski definition) is 25. The molecular formula is C87H109F2N23O5. The van der Waals surface area contributed by atoms with Crippen LogP contribution in [-0.2, 0) is 52.5 Å². The third-order valence-electron chi connectivity index (χ3n) is 23.0. The number of hydrogen-bond donors (Lipinski definition) is 10. The Morgan fingerprint density at radius 2 is 1.24 bits per heavy atom. The zero-order chi connectivity index (χ0) is 84.0. The Kier molecular flexibility index (Phi) is 30.4. The third kappa shape index (κ3) is 23.9. The summed E-state index contributed by atoms with van der Waals surface area (Å²) in [5.41, 5.74) is 13.5. The van der Waals surface area contributed by atoms with Crippen molar-refractivity contribution >= 4 is 64.5 Å². The van der Waals surface area contributed by atoms with Gasteiger partial charge in [0.1, 0.15) is 52.6 Å². The maximum absolute atomic E-state index is 13.5. The van der Waals surface area contributed by atoms with Crippen LogP contribution in [0.2, 0.25) is 0 Å². The van der Waals surface area contributed by atoms with E-state index in [0.717, 1.165) is 132 Å². The Labute approximate surface area is 684 Å². The minimum absolute atomic E-state index is 0.0259. The minimum Gasteiger partial charge on any atom is -0.393 e. The van der Waals surface area contributed by atoms with E-state index in [1.165, 1.54) is 30.2 Å². The van der Waals surface area contributed by atoms with Crippen molar-refractivity contribution in [3.8, 4) is 30.6 Å². The van der Waals surface area contributed by atoms with E-state index in [-0.39, 0.29) is 76.3 Å². The van der Waals surface area contributed by atoms with E-state index in [1.807, 2.05) is 76.2 Å². The number of nitrogens with zero attached hydrogens (tertiary/aromatic N) is 15. The van der Waals surface area contributed by atoms with E-state index in [0.29, 0.717) is 126 Å². The number of nitrogens with one attached hydrogen (secondary N) is 7. The van der Waals surface area contributed by atoms with Crippen molar-refractivity contribution in [1.82, 2.24) is 54.4 Å². The minimum atomic E-state index is -2.91. The number of anilines is 8. The predicted octanol–water partition coefficient (Wildman–Crippen LogP) is 12.4. The number of primary amides is 1. The number of para-hydroxylation sites is 1. The number of alkyl halides is 2. The lowest BCUT2D eigenvalue weighted by atomic mass is 9.58. The first-order valence-corrected chi connectivity index (χ1v) is 40.4. The number of aryl methyl sites for hydroxylation is 2. The van der Waals surface area contributed by atoms with E-state index in [2.05, 4.69) is 142 Å². The summed E-state index contributed by atoms with van der Waals surface area (Å²) in [6.07, 6.45) is 28.4. The molecule has 8 heterocycles. The summed E-state index contributed by atoms with van der Waals surface area (Å²) in [7, 11) is 1.80. The van der Waals surface area contributed by atoms with Crippen LogP contribution in [0.5, 0.6) is 0 Å². The standard InChI is InChI=1S/C24H28N6O2.C22H28F2N6O.C21H27N5O.C20H26N6O/c1-5-14-13-27-23(29-21(14)28-19-12-17(20(25)31)24(19,2)3)26-11-10-16-15-8-6-7-9-18(15)30(4)22(16)32;1-21(2)11-17(4-5-18(21)31)29-19-14(12-25)13-28-20(30-19)27-9-7-16-10-15(6-8-26-16)22(3,23)24;1-15-4-3-10-26(15)11-9-23-21-24-14-19(13-22)20(25-21)12-17-5-7-18(8-6-17)16(2)27;1-2-15-4-3-5-16(24-15)10-11-22-20-23-13-14(12-21)19(26-20)25-17-6-8-18(27)9-7-17/h1,6-9,13,16-17,19H,10-12H2,2-4H3,(H2,25,31)(H2,26,27,28,29);6,8,10,13,17-18,31H,4-5,7,9,11H2,1-3H3,(H2,27,28,29,30);3-4,10,14,17-18H,5-9,11-12H2,1-2H3,(H,23,24,25);3-5,13,17-18,27H,2,6-11H2,1H3,(H2,22,23,25,26)/t16?,17-,19-;17-,18+;;/m11../s1. The van der Waals surface area contributed by atoms with Crippen LogP contribution in [0.15, 0.2) is 104 Å². The molecule has 7 aromatic heterocycles. The second-order valence-electron chi connectivity index (χ2n) is 32.2. The number of aliphatic hydroxyl groups excluding tert-OH is 2. The number of carbonyl (C=O) groups excluding carboxylic acids is 3. The molecule has 1 aromatic carbocycles. The molecule has 8 aromatic rings. The fourth-order valence-electron chi connectivity index (χ4n) is 15.5. The van der Waals surface area contributed by atoms with Crippen LogP contribution in [0.3, 0.4) is 0 Å². The molecule has 0 bridgehead atoms. The number of halogens is 2. The summed E-state index contributed by atoms with van der Waals surface area (Å²) in [6.45, 7) is 18.0. The van der Waals surface area contributed by atoms with Crippen molar-refractivity contribution in [3.05, 3.63) is 166 Å². The molecule has 4 fully saturated rings. The van der Waals surface area contributed by atoms with E-state index in [9.17, 15) is 49.2 Å². The van der Waals surface area contributed by atoms with Gasteiger partial charge in [-0.05, 0) is 175 Å². The van der Waals surface area contributed by atoms with Gasteiger partial charge in [-0.15, -0.1) is 6.42 Å². The number of benzene rings is 1. The fourth-order valence-corrected chi connectivity index (χ4v) is 15.5. The number of pyridine rings is 2. The molecule has 2 amide bonds. The average molecular weight is 1590 g/mol. The van der Waals surface area contributed by atoms with Crippen molar-refractivity contribution in [3.63, 3.8) is 0 Å². The largest absolute Gasteiger partial charge is 0.393 e. The zero-order valence-electron chi connectivity index (χ0n) is 68.3. The summed E-state index contributed by atoms with van der Waals surface area (Å²) in [5.74, 6) is 3.54. The van der Waals surface area contributed by atoms with Gasteiger partial charge in [0.25, 0.3) is 5.92 Å².